The molecule has 0 aliphatic carbocycles. The van der Waals surface area contributed by atoms with Crippen molar-refractivity contribution in [3.63, 3.8) is 0 Å². The van der Waals surface area contributed by atoms with Gasteiger partial charge in [-0.05, 0) is 45.2 Å². The third kappa shape index (κ3) is 6.32. The van der Waals surface area contributed by atoms with E-state index in [1.807, 2.05) is 6.92 Å². The van der Waals surface area contributed by atoms with Gasteiger partial charge in [0.05, 0.1) is 6.61 Å². The van der Waals surface area contributed by atoms with Crippen LogP contribution in [0.5, 0.6) is 0 Å². The molecule has 7 nitrogen and oxygen atoms in total. The van der Waals surface area contributed by atoms with Crippen LogP contribution in [-0.2, 0) is 4.74 Å². The van der Waals surface area contributed by atoms with E-state index < -0.39 is 0 Å². The second kappa shape index (κ2) is 11.4. The Morgan fingerprint density at radius 1 is 1.29 bits per heavy atom. The molecular weight excluding hydrogens is 354 g/mol. The lowest BCUT2D eigenvalue weighted by molar-refractivity contribution is 0.0963. The maximum absolute atomic E-state index is 11.8. The van der Waals surface area contributed by atoms with E-state index in [4.69, 9.17) is 4.74 Å². The van der Waals surface area contributed by atoms with Crippen molar-refractivity contribution in [3.8, 4) is 0 Å². The van der Waals surface area contributed by atoms with Crippen molar-refractivity contribution in [2.24, 2.45) is 4.99 Å². The number of nitrogens with zero attached hydrogens (tertiary/aromatic N) is 3. The number of hydrogen-bond donors (Lipinski definition) is 2. The minimum atomic E-state index is -0.209. The molecule has 1 amide bonds. The van der Waals surface area contributed by atoms with E-state index in [2.05, 4.69) is 58.6 Å². The summed E-state index contributed by atoms with van der Waals surface area (Å²) in [5.74, 6) is 0.815. The van der Waals surface area contributed by atoms with Gasteiger partial charge < -0.3 is 25.2 Å². The highest BCUT2D eigenvalue weighted by atomic mass is 16.6. The van der Waals surface area contributed by atoms with Crippen molar-refractivity contribution in [2.75, 3.05) is 51.3 Å². The first-order chi connectivity index (χ1) is 13.6. The standard InChI is InChI=1S/C21H35N5O2/c1-5-25(19-10-8-7-9-17(19)3)16-13-23-20(22-4)24-18-11-14-26(15-12-18)21(27)28-6-2/h7-10,18H,5-6,11-16H2,1-4H3,(H2,22,23,24). The molecule has 0 spiro atoms. The number of aliphatic imine (C=N–C) groups is 1. The predicted molar refractivity (Wildman–Crippen MR) is 115 cm³/mol. The average molecular weight is 390 g/mol. The van der Waals surface area contributed by atoms with Crippen molar-refractivity contribution >= 4 is 17.7 Å². The molecule has 0 saturated carbocycles. The Kier molecular flexibility index (Phi) is 8.91. The summed E-state index contributed by atoms with van der Waals surface area (Å²) in [5.41, 5.74) is 2.57. The molecule has 1 aliphatic rings. The summed E-state index contributed by atoms with van der Waals surface area (Å²) in [4.78, 5) is 20.3. The van der Waals surface area contributed by atoms with E-state index in [0.717, 1.165) is 38.4 Å². The topological polar surface area (TPSA) is 69.2 Å². The third-order valence-electron chi connectivity index (χ3n) is 5.10. The summed E-state index contributed by atoms with van der Waals surface area (Å²) in [6.07, 6.45) is 1.58. The first-order valence-corrected chi connectivity index (χ1v) is 10.3. The van der Waals surface area contributed by atoms with Crippen LogP contribution in [-0.4, -0.2) is 69.4 Å². The predicted octanol–water partition coefficient (Wildman–Crippen LogP) is 2.61. The van der Waals surface area contributed by atoms with Crippen molar-refractivity contribution in [2.45, 2.75) is 39.7 Å². The smallest absolute Gasteiger partial charge is 0.409 e. The van der Waals surface area contributed by atoms with Crippen LogP contribution in [0.15, 0.2) is 29.3 Å². The molecule has 1 aliphatic heterocycles. The number of aryl methyl sites for hydroxylation is 1. The number of likely N-dealkylation sites (tertiary alicyclic amines) is 1. The van der Waals surface area contributed by atoms with Gasteiger partial charge in [-0.1, -0.05) is 18.2 Å². The summed E-state index contributed by atoms with van der Waals surface area (Å²) < 4.78 is 5.08. The van der Waals surface area contributed by atoms with Gasteiger partial charge in [-0.2, -0.15) is 0 Å². The highest BCUT2D eigenvalue weighted by Crippen LogP contribution is 2.18. The lowest BCUT2D eigenvalue weighted by Crippen LogP contribution is -2.50. The fourth-order valence-corrected chi connectivity index (χ4v) is 3.49. The molecule has 2 N–H and O–H groups in total. The largest absolute Gasteiger partial charge is 0.450 e. The molecule has 0 atom stereocenters. The van der Waals surface area contributed by atoms with Gasteiger partial charge in [-0.25, -0.2) is 4.79 Å². The third-order valence-corrected chi connectivity index (χ3v) is 5.10. The van der Waals surface area contributed by atoms with E-state index in [1.54, 1.807) is 11.9 Å². The molecule has 0 aromatic heterocycles. The molecule has 7 heteroatoms. The Morgan fingerprint density at radius 2 is 2.00 bits per heavy atom. The summed E-state index contributed by atoms with van der Waals surface area (Å²) in [7, 11) is 1.79. The zero-order chi connectivity index (χ0) is 20.4. The monoisotopic (exact) mass is 389 g/mol. The van der Waals surface area contributed by atoms with Gasteiger partial charge in [-0.3, -0.25) is 4.99 Å². The molecule has 0 unspecified atom stereocenters. The first-order valence-electron chi connectivity index (χ1n) is 10.3. The van der Waals surface area contributed by atoms with Gasteiger partial charge in [0.2, 0.25) is 0 Å². The molecule has 0 bridgehead atoms. The normalized spacial score (nSPS) is 15.3. The first kappa shape index (κ1) is 21.9. The van der Waals surface area contributed by atoms with Crippen LogP contribution in [0.1, 0.15) is 32.3 Å². The number of anilines is 1. The number of benzene rings is 1. The number of carbonyl (C=O) groups is 1. The Bertz CT molecular complexity index is 641. The number of amides is 1. The number of ether oxygens (including phenoxy) is 1. The number of para-hydroxylation sites is 1. The van der Waals surface area contributed by atoms with Crippen molar-refractivity contribution in [1.82, 2.24) is 15.5 Å². The SMILES string of the molecule is CCOC(=O)N1CCC(NC(=NC)NCCN(CC)c2ccccc2C)CC1. The highest BCUT2D eigenvalue weighted by molar-refractivity contribution is 5.80. The number of carbonyl (C=O) groups excluding carboxylic acids is 1. The fraction of sp³-hybridized carbons (Fsp3) is 0.619. The van der Waals surface area contributed by atoms with E-state index >= 15 is 0 Å². The minimum absolute atomic E-state index is 0.209. The van der Waals surface area contributed by atoms with E-state index in [-0.39, 0.29) is 6.09 Å². The molecule has 156 valence electrons. The zero-order valence-corrected chi connectivity index (χ0v) is 17.7. The van der Waals surface area contributed by atoms with E-state index in [0.29, 0.717) is 25.7 Å². The Labute approximate surface area is 169 Å². The Balaban J connectivity index is 1.76. The van der Waals surface area contributed by atoms with Gasteiger partial charge in [0.15, 0.2) is 5.96 Å². The number of nitrogens with one attached hydrogen (secondary N) is 2. The minimum Gasteiger partial charge on any atom is -0.450 e. The second-order valence-electron chi connectivity index (χ2n) is 6.97. The van der Waals surface area contributed by atoms with Crippen LogP contribution < -0.4 is 15.5 Å². The van der Waals surface area contributed by atoms with Crippen LogP contribution in [0, 0.1) is 6.92 Å². The number of rotatable bonds is 7. The van der Waals surface area contributed by atoms with Crippen molar-refractivity contribution in [1.29, 1.82) is 0 Å². The van der Waals surface area contributed by atoms with Gasteiger partial charge in [0.25, 0.3) is 0 Å². The fourth-order valence-electron chi connectivity index (χ4n) is 3.49. The maximum atomic E-state index is 11.8. The Hall–Kier alpha value is -2.44. The number of hydrogen-bond acceptors (Lipinski definition) is 4. The van der Waals surface area contributed by atoms with Gasteiger partial charge in [0.1, 0.15) is 0 Å². The van der Waals surface area contributed by atoms with Crippen LogP contribution in [0.25, 0.3) is 0 Å². The molecule has 1 heterocycles. The lowest BCUT2D eigenvalue weighted by atomic mass is 10.1. The molecule has 1 aromatic carbocycles. The Morgan fingerprint density at radius 3 is 2.61 bits per heavy atom. The number of guanidine groups is 1. The summed E-state index contributed by atoms with van der Waals surface area (Å²) in [6, 6.07) is 8.79. The molecule has 0 radical (unpaired) electrons. The van der Waals surface area contributed by atoms with Crippen molar-refractivity contribution < 1.29 is 9.53 Å². The van der Waals surface area contributed by atoms with Gasteiger partial charge in [0, 0.05) is 51.5 Å². The maximum Gasteiger partial charge on any atom is 0.409 e. The summed E-state index contributed by atoms with van der Waals surface area (Å²) >= 11 is 0. The van der Waals surface area contributed by atoms with E-state index in [1.165, 1.54) is 11.3 Å². The number of piperidine rings is 1. The molecular formula is C21H35N5O2. The van der Waals surface area contributed by atoms with Gasteiger partial charge in [-0.15, -0.1) is 0 Å². The summed E-state index contributed by atoms with van der Waals surface area (Å²) in [5, 5.41) is 6.90. The lowest BCUT2D eigenvalue weighted by Gasteiger charge is -2.32. The highest BCUT2D eigenvalue weighted by Gasteiger charge is 2.24. The zero-order valence-electron chi connectivity index (χ0n) is 17.7. The van der Waals surface area contributed by atoms with Crippen LogP contribution in [0.4, 0.5) is 10.5 Å². The molecule has 1 fully saturated rings. The molecule has 1 aromatic rings. The van der Waals surface area contributed by atoms with Gasteiger partial charge >= 0.3 is 6.09 Å². The van der Waals surface area contributed by atoms with Crippen LogP contribution in [0.3, 0.4) is 0 Å². The second-order valence-corrected chi connectivity index (χ2v) is 6.97. The molecule has 1 saturated heterocycles. The number of likely N-dealkylation sites (N-methyl/N-ethyl adjacent to an activating group) is 1. The van der Waals surface area contributed by atoms with E-state index in [9.17, 15) is 4.79 Å². The van der Waals surface area contributed by atoms with Crippen LogP contribution in [0.2, 0.25) is 0 Å². The summed E-state index contributed by atoms with van der Waals surface area (Å²) in [6.45, 7) is 10.7. The van der Waals surface area contributed by atoms with Crippen molar-refractivity contribution in [3.05, 3.63) is 29.8 Å². The van der Waals surface area contributed by atoms with Crippen LogP contribution >= 0.6 is 0 Å². The average Bonchev–Trinajstić information content (AvgIpc) is 2.71. The molecule has 28 heavy (non-hydrogen) atoms. The molecule has 2 rings (SSSR count). The quantitative estimate of drug-likeness (QED) is 0.554.